The van der Waals surface area contributed by atoms with Crippen molar-refractivity contribution in [2.45, 2.75) is 12.5 Å². The van der Waals surface area contributed by atoms with Gasteiger partial charge in [-0.05, 0) is 24.6 Å². The van der Waals surface area contributed by atoms with Crippen LogP contribution in [0.3, 0.4) is 0 Å². The quantitative estimate of drug-likeness (QED) is 0.769. The van der Waals surface area contributed by atoms with E-state index < -0.39 is 0 Å². The van der Waals surface area contributed by atoms with Crippen LogP contribution < -0.4 is 5.32 Å². The largest absolute Gasteiger partial charge is 0.396 e. The number of anilines is 1. The van der Waals surface area contributed by atoms with E-state index in [4.69, 9.17) is 10.2 Å². The minimum Gasteiger partial charge on any atom is -0.396 e. The van der Waals surface area contributed by atoms with Crippen LogP contribution in [0.2, 0.25) is 0 Å². The molecule has 0 amide bonds. The Labute approximate surface area is 96.1 Å². The van der Waals surface area contributed by atoms with Crippen molar-refractivity contribution in [3.05, 3.63) is 28.5 Å². The van der Waals surface area contributed by atoms with Gasteiger partial charge in [-0.3, -0.25) is 0 Å². The van der Waals surface area contributed by atoms with Gasteiger partial charge in [-0.25, -0.2) is 4.39 Å². The van der Waals surface area contributed by atoms with Crippen molar-refractivity contribution < 1.29 is 14.6 Å². The molecule has 84 valence electrons. The molecule has 1 rings (SSSR count). The molecular weight excluding hydrogens is 265 g/mol. The minimum absolute atomic E-state index is 0.0478. The lowest BCUT2D eigenvalue weighted by atomic mass is 10.2. The second-order valence-corrected chi connectivity index (χ2v) is 4.08. The zero-order valence-corrected chi connectivity index (χ0v) is 9.67. The second-order valence-electron chi connectivity index (χ2n) is 3.16. The molecule has 0 radical (unpaired) electrons. The maximum Gasteiger partial charge on any atom is 0.146 e. The molecule has 1 unspecified atom stereocenters. The zero-order chi connectivity index (χ0) is 11.3. The average molecular weight is 278 g/mol. The second kappa shape index (κ2) is 6.05. The molecule has 0 bridgehead atoms. The number of halogens is 2. The van der Waals surface area contributed by atoms with Gasteiger partial charge in [0, 0.05) is 11.1 Å². The first kappa shape index (κ1) is 12.4. The van der Waals surface area contributed by atoms with Gasteiger partial charge in [0.2, 0.25) is 0 Å². The van der Waals surface area contributed by atoms with Crippen LogP contribution in [0.25, 0.3) is 0 Å². The lowest BCUT2D eigenvalue weighted by molar-refractivity contribution is 0.228. The highest BCUT2D eigenvalue weighted by Crippen LogP contribution is 2.21. The van der Waals surface area contributed by atoms with Crippen molar-refractivity contribution >= 4 is 21.6 Å². The number of rotatable bonds is 5. The van der Waals surface area contributed by atoms with E-state index in [-0.39, 0.29) is 25.1 Å². The van der Waals surface area contributed by atoms with Crippen molar-refractivity contribution in [1.82, 2.24) is 0 Å². The molecule has 3 N–H and O–H groups in total. The SMILES string of the molecule is OCCC(CO)Nc1cc(Br)ccc1F. The van der Waals surface area contributed by atoms with E-state index in [9.17, 15) is 4.39 Å². The number of aliphatic hydroxyl groups is 2. The molecule has 0 fully saturated rings. The summed E-state index contributed by atoms with van der Waals surface area (Å²) in [5, 5.41) is 20.5. The van der Waals surface area contributed by atoms with E-state index >= 15 is 0 Å². The van der Waals surface area contributed by atoms with Gasteiger partial charge in [0.05, 0.1) is 18.3 Å². The number of aliphatic hydroxyl groups excluding tert-OH is 2. The molecule has 0 heterocycles. The van der Waals surface area contributed by atoms with Crippen molar-refractivity contribution in [3.63, 3.8) is 0 Å². The fourth-order valence-corrected chi connectivity index (χ4v) is 1.55. The molecule has 0 aliphatic carbocycles. The molecule has 0 aliphatic rings. The Kier molecular flexibility index (Phi) is 5.01. The summed E-state index contributed by atoms with van der Waals surface area (Å²) in [6, 6.07) is 4.19. The topological polar surface area (TPSA) is 52.5 Å². The predicted octanol–water partition coefficient (Wildman–Crippen LogP) is 1.74. The summed E-state index contributed by atoms with van der Waals surface area (Å²) in [7, 11) is 0. The van der Waals surface area contributed by atoms with Crippen LogP contribution in [-0.2, 0) is 0 Å². The minimum atomic E-state index is -0.380. The van der Waals surface area contributed by atoms with Gasteiger partial charge in [-0.15, -0.1) is 0 Å². The molecule has 0 saturated heterocycles. The Hall–Kier alpha value is -0.650. The number of nitrogens with one attached hydrogen (secondary N) is 1. The van der Waals surface area contributed by atoms with Crippen LogP contribution in [-0.4, -0.2) is 29.5 Å². The van der Waals surface area contributed by atoms with Gasteiger partial charge in [0.1, 0.15) is 5.82 Å². The van der Waals surface area contributed by atoms with E-state index in [1.165, 1.54) is 6.07 Å². The molecule has 0 aromatic heterocycles. The van der Waals surface area contributed by atoms with Crippen LogP contribution in [0.15, 0.2) is 22.7 Å². The first-order chi connectivity index (χ1) is 7.17. The van der Waals surface area contributed by atoms with Crippen LogP contribution in [0.5, 0.6) is 0 Å². The molecule has 0 aliphatic heterocycles. The highest BCUT2D eigenvalue weighted by molar-refractivity contribution is 9.10. The third-order valence-electron chi connectivity index (χ3n) is 1.99. The van der Waals surface area contributed by atoms with Crippen LogP contribution in [0, 0.1) is 5.82 Å². The summed E-state index contributed by atoms with van der Waals surface area (Å²) in [6.45, 7) is -0.194. The van der Waals surface area contributed by atoms with Gasteiger partial charge in [-0.1, -0.05) is 15.9 Å². The molecule has 1 aromatic rings. The highest BCUT2D eigenvalue weighted by Gasteiger charge is 2.09. The summed E-state index contributed by atoms with van der Waals surface area (Å²) in [5.41, 5.74) is 0.317. The van der Waals surface area contributed by atoms with Crippen LogP contribution in [0.1, 0.15) is 6.42 Å². The molecule has 0 saturated carbocycles. The van der Waals surface area contributed by atoms with Gasteiger partial charge >= 0.3 is 0 Å². The van der Waals surface area contributed by atoms with E-state index in [1.807, 2.05) is 0 Å². The third-order valence-corrected chi connectivity index (χ3v) is 2.48. The lowest BCUT2D eigenvalue weighted by Gasteiger charge is -2.17. The van der Waals surface area contributed by atoms with Crippen LogP contribution >= 0.6 is 15.9 Å². The lowest BCUT2D eigenvalue weighted by Crippen LogP contribution is -2.25. The molecule has 1 aromatic carbocycles. The molecule has 1 atom stereocenters. The Morgan fingerprint density at radius 1 is 1.40 bits per heavy atom. The Balaban J connectivity index is 2.73. The number of hydrogen-bond donors (Lipinski definition) is 3. The van der Waals surface area contributed by atoms with Crippen molar-refractivity contribution in [1.29, 1.82) is 0 Å². The van der Waals surface area contributed by atoms with Gasteiger partial charge < -0.3 is 15.5 Å². The van der Waals surface area contributed by atoms with E-state index in [2.05, 4.69) is 21.2 Å². The van der Waals surface area contributed by atoms with Crippen LogP contribution in [0.4, 0.5) is 10.1 Å². The zero-order valence-electron chi connectivity index (χ0n) is 8.08. The molecule has 0 spiro atoms. The smallest absolute Gasteiger partial charge is 0.146 e. The molecule has 15 heavy (non-hydrogen) atoms. The number of benzene rings is 1. The normalized spacial score (nSPS) is 12.5. The van der Waals surface area contributed by atoms with E-state index in [0.29, 0.717) is 12.1 Å². The average Bonchev–Trinajstić information content (AvgIpc) is 2.22. The maximum absolute atomic E-state index is 13.3. The first-order valence-electron chi connectivity index (χ1n) is 4.60. The standard InChI is InChI=1S/C10H13BrFNO2/c11-7-1-2-9(12)10(5-7)13-8(6-15)3-4-14/h1-2,5,8,13-15H,3-4,6H2. The monoisotopic (exact) mass is 277 g/mol. The van der Waals surface area contributed by atoms with Gasteiger partial charge in [0.25, 0.3) is 0 Å². The fraction of sp³-hybridized carbons (Fsp3) is 0.400. The first-order valence-corrected chi connectivity index (χ1v) is 5.40. The molecular formula is C10H13BrFNO2. The fourth-order valence-electron chi connectivity index (χ4n) is 1.19. The van der Waals surface area contributed by atoms with E-state index in [1.54, 1.807) is 12.1 Å². The van der Waals surface area contributed by atoms with Gasteiger partial charge in [0.15, 0.2) is 0 Å². The number of hydrogen-bond acceptors (Lipinski definition) is 3. The Bertz CT molecular complexity index is 322. The summed E-state index contributed by atoms with van der Waals surface area (Å²) >= 11 is 3.23. The molecule has 3 nitrogen and oxygen atoms in total. The Morgan fingerprint density at radius 2 is 2.13 bits per heavy atom. The van der Waals surface area contributed by atoms with Crippen molar-refractivity contribution in [3.8, 4) is 0 Å². The summed E-state index contributed by atoms with van der Waals surface area (Å²) < 4.78 is 14.0. The third kappa shape index (κ3) is 3.77. The maximum atomic E-state index is 13.3. The summed E-state index contributed by atoms with van der Waals surface area (Å²) in [4.78, 5) is 0. The predicted molar refractivity (Wildman–Crippen MR) is 60.3 cm³/mol. The Morgan fingerprint density at radius 3 is 2.73 bits per heavy atom. The summed E-state index contributed by atoms with van der Waals surface area (Å²) in [6.07, 6.45) is 0.377. The van der Waals surface area contributed by atoms with Crippen molar-refractivity contribution in [2.75, 3.05) is 18.5 Å². The van der Waals surface area contributed by atoms with Gasteiger partial charge in [-0.2, -0.15) is 0 Å². The van der Waals surface area contributed by atoms with Crippen molar-refractivity contribution in [2.24, 2.45) is 0 Å². The highest BCUT2D eigenvalue weighted by atomic mass is 79.9. The molecule has 5 heteroatoms. The van der Waals surface area contributed by atoms with E-state index in [0.717, 1.165) is 4.47 Å². The summed E-state index contributed by atoms with van der Waals surface area (Å²) in [5.74, 6) is -0.380.